The van der Waals surface area contributed by atoms with Crippen molar-refractivity contribution in [3.05, 3.63) is 22.8 Å². The lowest BCUT2D eigenvalue weighted by atomic mass is 10.4. The molecule has 2 aromatic rings. The lowest BCUT2D eigenvalue weighted by molar-refractivity contribution is 0.580. The molecule has 1 fully saturated rings. The summed E-state index contributed by atoms with van der Waals surface area (Å²) in [6.07, 6.45) is 1.92. The average Bonchev–Trinajstić information content (AvgIpc) is 2.73. The molecular formula is C10H12BrN5. The van der Waals surface area contributed by atoms with Crippen LogP contribution in [0.1, 0.15) is 0 Å². The number of fused-ring (bicyclic) bond motifs is 1. The van der Waals surface area contributed by atoms with Crippen LogP contribution >= 0.6 is 15.9 Å². The molecule has 0 unspecified atom stereocenters. The van der Waals surface area contributed by atoms with Crippen molar-refractivity contribution in [2.45, 2.75) is 0 Å². The summed E-state index contributed by atoms with van der Waals surface area (Å²) in [5.41, 5.74) is 0.886. The van der Waals surface area contributed by atoms with Gasteiger partial charge in [0.1, 0.15) is 0 Å². The molecule has 0 atom stereocenters. The molecule has 16 heavy (non-hydrogen) atoms. The van der Waals surface area contributed by atoms with Gasteiger partial charge in [0.05, 0.1) is 0 Å². The molecule has 0 saturated carbocycles. The summed E-state index contributed by atoms with van der Waals surface area (Å²) in [6.45, 7) is 3.94. The first-order valence-electron chi connectivity index (χ1n) is 5.30. The maximum atomic E-state index is 4.51. The molecule has 1 aliphatic heterocycles. The average molecular weight is 282 g/mol. The van der Waals surface area contributed by atoms with E-state index in [0.29, 0.717) is 0 Å². The molecule has 1 saturated heterocycles. The van der Waals surface area contributed by atoms with Crippen LogP contribution < -0.4 is 10.2 Å². The summed E-state index contributed by atoms with van der Waals surface area (Å²) in [7, 11) is 0. The lowest BCUT2D eigenvalue weighted by Crippen LogP contribution is -2.44. The van der Waals surface area contributed by atoms with E-state index < -0.39 is 0 Å². The molecule has 5 nitrogen and oxygen atoms in total. The first-order chi connectivity index (χ1) is 7.83. The standard InChI is InChI=1S/C10H12BrN5/c11-8-1-2-9-13-10(14-16(9)7-8)15-5-3-12-4-6-15/h1-2,7,12H,3-6H2. The van der Waals surface area contributed by atoms with E-state index in [4.69, 9.17) is 0 Å². The third-order valence-corrected chi connectivity index (χ3v) is 3.15. The van der Waals surface area contributed by atoms with Gasteiger partial charge in [0.2, 0.25) is 5.95 Å². The van der Waals surface area contributed by atoms with Crippen LogP contribution in [0.2, 0.25) is 0 Å². The molecule has 3 rings (SSSR count). The fraction of sp³-hybridized carbons (Fsp3) is 0.400. The van der Waals surface area contributed by atoms with Gasteiger partial charge in [0.15, 0.2) is 5.65 Å². The minimum absolute atomic E-state index is 0.819. The monoisotopic (exact) mass is 281 g/mol. The number of hydrogen-bond acceptors (Lipinski definition) is 4. The molecule has 0 spiro atoms. The first-order valence-corrected chi connectivity index (χ1v) is 6.10. The summed E-state index contributed by atoms with van der Waals surface area (Å²) < 4.78 is 2.82. The van der Waals surface area contributed by atoms with Crippen LogP contribution in [0.4, 0.5) is 5.95 Å². The Bertz CT molecular complexity index is 503. The Kier molecular flexibility index (Phi) is 2.53. The largest absolute Gasteiger partial charge is 0.337 e. The van der Waals surface area contributed by atoms with Crippen molar-refractivity contribution in [3.63, 3.8) is 0 Å². The van der Waals surface area contributed by atoms with Crippen molar-refractivity contribution in [2.24, 2.45) is 0 Å². The smallest absolute Gasteiger partial charge is 0.245 e. The molecule has 6 heteroatoms. The van der Waals surface area contributed by atoms with Crippen LogP contribution in [0, 0.1) is 0 Å². The topological polar surface area (TPSA) is 45.5 Å². The third-order valence-electron chi connectivity index (χ3n) is 2.68. The van der Waals surface area contributed by atoms with Crippen LogP contribution in [-0.4, -0.2) is 40.8 Å². The van der Waals surface area contributed by atoms with E-state index in [-0.39, 0.29) is 0 Å². The van der Waals surface area contributed by atoms with E-state index in [2.05, 4.69) is 36.2 Å². The Morgan fingerprint density at radius 3 is 2.88 bits per heavy atom. The second-order valence-electron chi connectivity index (χ2n) is 3.80. The number of anilines is 1. The van der Waals surface area contributed by atoms with Gasteiger partial charge in [-0.2, -0.15) is 4.98 Å². The third kappa shape index (κ3) is 1.78. The number of halogens is 1. The Morgan fingerprint density at radius 1 is 1.25 bits per heavy atom. The number of aromatic nitrogens is 3. The molecule has 2 aromatic heterocycles. The van der Waals surface area contributed by atoms with Crippen LogP contribution in [0.25, 0.3) is 5.65 Å². The Morgan fingerprint density at radius 2 is 2.06 bits per heavy atom. The van der Waals surface area contributed by atoms with Crippen molar-refractivity contribution in [3.8, 4) is 0 Å². The number of nitrogens with one attached hydrogen (secondary N) is 1. The number of piperazine rings is 1. The number of hydrogen-bond donors (Lipinski definition) is 1. The number of pyridine rings is 1. The van der Waals surface area contributed by atoms with Crippen LogP contribution in [0.5, 0.6) is 0 Å². The maximum Gasteiger partial charge on any atom is 0.245 e. The maximum absolute atomic E-state index is 4.51. The Hall–Kier alpha value is -1.14. The summed E-state index contributed by atoms with van der Waals surface area (Å²) in [5.74, 6) is 0.819. The zero-order valence-electron chi connectivity index (χ0n) is 8.73. The van der Waals surface area contributed by atoms with Gasteiger partial charge in [-0.1, -0.05) is 0 Å². The van der Waals surface area contributed by atoms with Gasteiger partial charge in [0.25, 0.3) is 0 Å². The van der Waals surface area contributed by atoms with Gasteiger partial charge >= 0.3 is 0 Å². The number of rotatable bonds is 1. The predicted octanol–water partition coefficient (Wildman–Crippen LogP) is 0.901. The summed E-state index contributed by atoms with van der Waals surface area (Å²) in [5, 5.41) is 7.79. The molecule has 0 amide bonds. The van der Waals surface area contributed by atoms with Crippen molar-refractivity contribution in [1.29, 1.82) is 0 Å². The summed E-state index contributed by atoms with van der Waals surface area (Å²) in [6, 6.07) is 3.94. The van der Waals surface area contributed by atoms with Crippen molar-refractivity contribution < 1.29 is 0 Å². The van der Waals surface area contributed by atoms with E-state index in [1.807, 2.05) is 18.3 Å². The van der Waals surface area contributed by atoms with E-state index in [1.165, 1.54) is 0 Å². The minimum Gasteiger partial charge on any atom is -0.337 e. The van der Waals surface area contributed by atoms with Crippen LogP contribution in [0.15, 0.2) is 22.8 Å². The zero-order chi connectivity index (χ0) is 11.0. The predicted molar refractivity (Wildman–Crippen MR) is 65.8 cm³/mol. The normalized spacial score (nSPS) is 16.9. The van der Waals surface area contributed by atoms with Crippen molar-refractivity contribution in [2.75, 3.05) is 31.1 Å². The fourth-order valence-electron chi connectivity index (χ4n) is 1.85. The highest BCUT2D eigenvalue weighted by atomic mass is 79.9. The molecule has 3 heterocycles. The van der Waals surface area contributed by atoms with Gasteiger partial charge < -0.3 is 10.2 Å². The van der Waals surface area contributed by atoms with E-state index in [1.54, 1.807) is 4.52 Å². The Balaban J connectivity index is 1.97. The highest BCUT2D eigenvalue weighted by Crippen LogP contribution is 2.14. The lowest BCUT2D eigenvalue weighted by Gasteiger charge is -2.25. The molecule has 0 bridgehead atoms. The summed E-state index contributed by atoms with van der Waals surface area (Å²) >= 11 is 3.43. The SMILES string of the molecule is Brc1ccc2nc(N3CCNCC3)nn2c1. The second kappa shape index (κ2) is 4.03. The molecule has 0 aromatic carbocycles. The second-order valence-corrected chi connectivity index (χ2v) is 4.71. The Labute approximate surface area is 102 Å². The van der Waals surface area contributed by atoms with Crippen LogP contribution in [-0.2, 0) is 0 Å². The van der Waals surface area contributed by atoms with E-state index in [0.717, 1.165) is 42.2 Å². The number of nitrogens with zero attached hydrogens (tertiary/aromatic N) is 4. The van der Waals surface area contributed by atoms with Crippen LogP contribution in [0.3, 0.4) is 0 Å². The van der Waals surface area contributed by atoms with E-state index >= 15 is 0 Å². The minimum atomic E-state index is 0.819. The van der Waals surface area contributed by atoms with Gasteiger partial charge in [0, 0.05) is 36.8 Å². The van der Waals surface area contributed by atoms with Gasteiger partial charge in [-0.15, -0.1) is 5.10 Å². The fourth-order valence-corrected chi connectivity index (χ4v) is 2.17. The summed E-state index contributed by atoms with van der Waals surface area (Å²) in [4.78, 5) is 6.71. The van der Waals surface area contributed by atoms with Gasteiger partial charge in [-0.05, 0) is 28.1 Å². The highest BCUT2D eigenvalue weighted by molar-refractivity contribution is 9.10. The van der Waals surface area contributed by atoms with Crippen molar-refractivity contribution in [1.82, 2.24) is 19.9 Å². The van der Waals surface area contributed by atoms with Crippen molar-refractivity contribution >= 4 is 27.5 Å². The first kappa shape index (κ1) is 10.0. The molecule has 84 valence electrons. The van der Waals surface area contributed by atoms with Gasteiger partial charge in [-0.25, -0.2) is 4.52 Å². The van der Waals surface area contributed by atoms with E-state index in [9.17, 15) is 0 Å². The van der Waals surface area contributed by atoms with Gasteiger partial charge in [-0.3, -0.25) is 0 Å². The molecule has 1 aliphatic rings. The molecule has 0 radical (unpaired) electrons. The zero-order valence-corrected chi connectivity index (χ0v) is 10.3. The molecule has 1 N–H and O–H groups in total. The quantitative estimate of drug-likeness (QED) is 0.844. The molecule has 0 aliphatic carbocycles. The molecular weight excluding hydrogens is 270 g/mol. The highest BCUT2D eigenvalue weighted by Gasteiger charge is 2.14.